The molecule has 0 unspecified atom stereocenters. The molecule has 0 saturated carbocycles. The normalized spacial score (nSPS) is 10.1. The topological polar surface area (TPSA) is 95.6 Å². The van der Waals surface area contributed by atoms with Crippen LogP contribution in [-0.2, 0) is 0 Å². The molecule has 0 aliphatic heterocycles. The van der Waals surface area contributed by atoms with Crippen molar-refractivity contribution in [2.24, 2.45) is 0 Å². The fourth-order valence-electron chi connectivity index (χ4n) is 2.24. The average molecular weight is 288 g/mol. The molecular formula is C17H12N4O. The maximum Gasteiger partial charge on any atom is 0.266 e. The zero-order chi connectivity index (χ0) is 15.5. The summed E-state index contributed by atoms with van der Waals surface area (Å²) in [5.41, 5.74) is 8.71. The zero-order valence-corrected chi connectivity index (χ0v) is 11.6. The number of hydrogen-bond acceptors (Lipinski definition) is 4. The van der Waals surface area contributed by atoms with E-state index in [9.17, 15) is 10.1 Å². The Morgan fingerprint density at radius 1 is 1.14 bits per heavy atom. The van der Waals surface area contributed by atoms with E-state index in [2.05, 4.69) is 9.97 Å². The summed E-state index contributed by atoms with van der Waals surface area (Å²) < 4.78 is 0. The van der Waals surface area contributed by atoms with Crippen LogP contribution in [0.15, 0.2) is 59.7 Å². The van der Waals surface area contributed by atoms with Gasteiger partial charge in [-0.05, 0) is 29.8 Å². The highest BCUT2D eigenvalue weighted by Gasteiger charge is 2.12. The van der Waals surface area contributed by atoms with E-state index in [1.54, 1.807) is 36.7 Å². The highest BCUT2D eigenvalue weighted by Crippen LogP contribution is 2.25. The van der Waals surface area contributed by atoms with Crippen LogP contribution in [0.5, 0.6) is 0 Å². The number of nitrogens with one attached hydrogen (secondary N) is 1. The van der Waals surface area contributed by atoms with E-state index in [0.717, 1.165) is 11.1 Å². The molecule has 0 radical (unpaired) electrons. The van der Waals surface area contributed by atoms with Crippen LogP contribution in [0.25, 0.3) is 22.4 Å². The van der Waals surface area contributed by atoms with Crippen molar-refractivity contribution in [2.45, 2.75) is 0 Å². The maximum atomic E-state index is 12.2. The second-order valence-corrected chi connectivity index (χ2v) is 4.78. The number of nitrogens with zero attached hydrogens (tertiary/aromatic N) is 2. The first-order valence-corrected chi connectivity index (χ1v) is 6.63. The van der Waals surface area contributed by atoms with Gasteiger partial charge < -0.3 is 10.7 Å². The lowest BCUT2D eigenvalue weighted by atomic mass is 10.0. The molecule has 5 heteroatoms. The molecular weight excluding hydrogens is 276 g/mol. The molecule has 0 spiro atoms. The van der Waals surface area contributed by atoms with Crippen LogP contribution in [0.3, 0.4) is 0 Å². The van der Waals surface area contributed by atoms with Gasteiger partial charge >= 0.3 is 0 Å². The van der Waals surface area contributed by atoms with Crippen molar-refractivity contribution < 1.29 is 0 Å². The van der Waals surface area contributed by atoms with Gasteiger partial charge in [0.15, 0.2) is 0 Å². The Labute approximate surface area is 126 Å². The summed E-state index contributed by atoms with van der Waals surface area (Å²) in [6, 6.07) is 14.5. The van der Waals surface area contributed by atoms with Crippen molar-refractivity contribution in [3.8, 4) is 28.5 Å². The second kappa shape index (κ2) is 5.54. The number of hydrogen-bond donors (Lipinski definition) is 2. The molecule has 0 aliphatic rings. The predicted octanol–water partition coefficient (Wildman–Crippen LogP) is 2.56. The summed E-state index contributed by atoms with van der Waals surface area (Å²) in [7, 11) is 0. The van der Waals surface area contributed by atoms with Gasteiger partial charge in [-0.3, -0.25) is 9.78 Å². The molecule has 2 aromatic heterocycles. The van der Waals surface area contributed by atoms with E-state index < -0.39 is 5.56 Å². The molecule has 0 bridgehead atoms. The van der Waals surface area contributed by atoms with Crippen LogP contribution < -0.4 is 11.3 Å². The number of rotatable bonds is 2. The zero-order valence-electron chi connectivity index (χ0n) is 11.6. The Bertz CT molecular complexity index is 906. The Hall–Kier alpha value is -3.39. The minimum atomic E-state index is -0.421. The summed E-state index contributed by atoms with van der Waals surface area (Å²) in [6.07, 6.45) is 3.27. The minimum Gasteiger partial charge on any atom is -0.399 e. The molecule has 106 valence electrons. The lowest BCUT2D eigenvalue weighted by molar-refractivity contribution is 1.21. The highest BCUT2D eigenvalue weighted by atomic mass is 16.1. The first-order chi connectivity index (χ1) is 10.7. The lowest BCUT2D eigenvalue weighted by Crippen LogP contribution is -2.12. The summed E-state index contributed by atoms with van der Waals surface area (Å²) in [4.78, 5) is 19.0. The van der Waals surface area contributed by atoms with Crippen molar-refractivity contribution in [1.29, 1.82) is 5.26 Å². The van der Waals surface area contributed by atoms with Crippen LogP contribution in [0.4, 0.5) is 5.69 Å². The number of aromatic nitrogens is 2. The van der Waals surface area contributed by atoms with Gasteiger partial charge in [0.05, 0.1) is 0 Å². The van der Waals surface area contributed by atoms with Crippen molar-refractivity contribution in [3.63, 3.8) is 0 Å². The Morgan fingerprint density at radius 2 is 1.91 bits per heavy atom. The largest absolute Gasteiger partial charge is 0.399 e. The van der Waals surface area contributed by atoms with Gasteiger partial charge in [-0.15, -0.1) is 0 Å². The third-order valence-electron chi connectivity index (χ3n) is 3.34. The molecule has 0 aliphatic carbocycles. The molecule has 0 saturated heterocycles. The summed E-state index contributed by atoms with van der Waals surface area (Å²) in [6.45, 7) is 0. The van der Waals surface area contributed by atoms with Crippen molar-refractivity contribution in [1.82, 2.24) is 9.97 Å². The number of nitrogens with two attached hydrogens (primary N) is 1. The third kappa shape index (κ3) is 2.45. The number of pyridine rings is 2. The number of nitriles is 1. The Balaban J connectivity index is 2.24. The molecule has 0 fully saturated rings. The van der Waals surface area contributed by atoms with Crippen LogP contribution in [0.1, 0.15) is 5.56 Å². The summed E-state index contributed by atoms with van der Waals surface area (Å²) in [5.74, 6) is 0. The van der Waals surface area contributed by atoms with E-state index in [1.165, 1.54) is 0 Å². The Morgan fingerprint density at radius 3 is 2.55 bits per heavy atom. The standard InChI is InChI=1S/C17H12N4O/c18-9-15-14(12-2-1-7-20-10-12)8-16(21-17(15)22)11-3-5-13(19)6-4-11/h1-8,10H,19H2,(H,21,22). The van der Waals surface area contributed by atoms with E-state index in [1.807, 2.05) is 24.3 Å². The predicted molar refractivity (Wildman–Crippen MR) is 84.9 cm³/mol. The van der Waals surface area contributed by atoms with Crippen LogP contribution >= 0.6 is 0 Å². The molecule has 22 heavy (non-hydrogen) atoms. The number of nitrogen functional groups attached to an aromatic ring is 1. The van der Waals surface area contributed by atoms with E-state index in [-0.39, 0.29) is 5.56 Å². The fraction of sp³-hybridized carbons (Fsp3) is 0. The number of benzene rings is 1. The number of H-pyrrole nitrogens is 1. The molecule has 2 heterocycles. The molecule has 0 amide bonds. The van der Waals surface area contributed by atoms with Gasteiger partial charge in [-0.1, -0.05) is 18.2 Å². The van der Waals surface area contributed by atoms with E-state index >= 15 is 0 Å². The van der Waals surface area contributed by atoms with Gasteiger partial charge in [-0.2, -0.15) is 5.26 Å². The molecule has 5 nitrogen and oxygen atoms in total. The van der Waals surface area contributed by atoms with Crippen molar-refractivity contribution >= 4 is 5.69 Å². The molecule has 1 aromatic carbocycles. The SMILES string of the molecule is N#Cc1c(-c2cccnc2)cc(-c2ccc(N)cc2)[nH]c1=O. The molecule has 3 aromatic rings. The van der Waals surface area contributed by atoms with Crippen LogP contribution in [0, 0.1) is 11.3 Å². The van der Waals surface area contributed by atoms with Crippen LogP contribution in [-0.4, -0.2) is 9.97 Å². The van der Waals surface area contributed by atoms with E-state index in [4.69, 9.17) is 5.73 Å². The second-order valence-electron chi connectivity index (χ2n) is 4.78. The van der Waals surface area contributed by atoms with Gasteiger partial charge in [0, 0.05) is 34.9 Å². The molecule has 0 atom stereocenters. The molecule has 3 rings (SSSR count). The first kappa shape index (κ1) is 13.6. The summed E-state index contributed by atoms with van der Waals surface area (Å²) in [5, 5.41) is 9.25. The number of aromatic amines is 1. The highest BCUT2D eigenvalue weighted by molar-refractivity contribution is 5.75. The monoisotopic (exact) mass is 288 g/mol. The smallest absolute Gasteiger partial charge is 0.266 e. The minimum absolute atomic E-state index is 0.0761. The third-order valence-corrected chi connectivity index (χ3v) is 3.34. The van der Waals surface area contributed by atoms with Gasteiger partial charge in [0.2, 0.25) is 0 Å². The first-order valence-electron chi connectivity index (χ1n) is 6.63. The van der Waals surface area contributed by atoms with E-state index in [0.29, 0.717) is 16.9 Å². The van der Waals surface area contributed by atoms with Gasteiger partial charge in [0.25, 0.3) is 5.56 Å². The fourth-order valence-corrected chi connectivity index (χ4v) is 2.24. The van der Waals surface area contributed by atoms with Crippen LogP contribution in [0.2, 0.25) is 0 Å². The lowest BCUT2D eigenvalue weighted by Gasteiger charge is -2.08. The van der Waals surface area contributed by atoms with Gasteiger partial charge in [-0.25, -0.2) is 0 Å². The Kier molecular flexibility index (Phi) is 3.42. The van der Waals surface area contributed by atoms with Crippen molar-refractivity contribution in [3.05, 3.63) is 70.8 Å². The average Bonchev–Trinajstić information content (AvgIpc) is 2.55. The van der Waals surface area contributed by atoms with Gasteiger partial charge in [0.1, 0.15) is 11.6 Å². The summed E-state index contributed by atoms with van der Waals surface area (Å²) >= 11 is 0. The molecule has 3 N–H and O–H groups in total. The van der Waals surface area contributed by atoms with Crippen molar-refractivity contribution in [2.75, 3.05) is 5.73 Å². The quantitative estimate of drug-likeness (QED) is 0.708. The maximum absolute atomic E-state index is 12.2. The number of anilines is 1.